The molecule has 1 atom stereocenters. The maximum absolute atomic E-state index is 13.4. The van der Waals surface area contributed by atoms with Crippen LogP contribution >= 0.6 is 11.6 Å². The largest absolute Gasteiger partial charge is 0.489 e. The zero-order valence-electron chi connectivity index (χ0n) is 33.5. The number of hydrogen-bond acceptors (Lipinski definition) is 7. The zero-order chi connectivity index (χ0) is 40.5. The van der Waals surface area contributed by atoms with Gasteiger partial charge in [0.2, 0.25) is 11.8 Å². The Bertz CT molecular complexity index is 2050. The van der Waals surface area contributed by atoms with Crippen LogP contribution in [0.3, 0.4) is 0 Å². The van der Waals surface area contributed by atoms with Crippen molar-refractivity contribution in [2.75, 3.05) is 19.6 Å². The molecular formula is C46H54ClN5O5. The van der Waals surface area contributed by atoms with Gasteiger partial charge >= 0.3 is 0 Å². The van der Waals surface area contributed by atoms with Crippen LogP contribution in [0.2, 0.25) is 5.02 Å². The lowest BCUT2D eigenvalue weighted by molar-refractivity contribution is -0.164. The van der Waals surface area contributed by atoms with E-state index in [1.165, 1.54) is 30.4 Å². The van der Waals surface area contributed by atoms with Gasteiger partial charge in [0.25, 0.3) is 11.8 Å². The summed E-state index contributed by atoms with van der Waals surface area (Å²) in [5.74, 6) is 0.232. The van der Waals surface area contributed by atoms with Crippen LogP contribution in [0.25, 0.3) is 0 Å². The summed E-state index contributed by atoms with van der Waals surface area (Å²) in [5.41, 5.74) is 4.59. The lowest BCUT2D eigenvalue weighted by Gasteiger charge is -2.63. The molecule has 0 spiro atoms. The highest BCUT2D eigenvalue weighted by molar-refractivity contribution is 6.31. The topological polar surface area (TPSA) is 132 Å². The predicted molar refractivity (Wildman–Crippen MR) is 219 cm³/mol. The van der Waals surface area contributed by atoms with Gasteiger partial charge in [-0.05, 0) is 111 Å². The Balaban J connectivity index is 0.791. The molecule has 0 bridgehead atoms. The van der Waals surface area contributed by atoms with Crippen LogP contribution in [0, 0.1) is 22.2 Å². The second kappa shape index (κ2) is 16.6. The number of carbonyl (C=O) groups is 4. The molecule has 57 heavy (non-hydrogen) atoms. The van der Waals surface area contributed by atoms with Crippen molar-refractivity contribution in [2.24, 2.45) is 10.8 Å². The van der Waals surface area contributed by atoms with Crippen LogP contribution in [0.15, 0.2) is 60.7 Å². The van der Waals surface area contributed by atoms with Crippen LogP contribution in [-0.2, 0) is 22.6 Å². The number of ether oxygens (including phenoxy) is 1. The van der Waals surface area contributed by atoms with Crippen molar-refractivity contribution < 1.29 is 23.9 Å². The number of imide groups is 1. The molecule has 3 heterocycles. The van der Waals surface area contributed by atoms with Gasteiger partial charge in [0.05, 0.1) is 10.6 Å². The van der Waals surface area contributed by atoms with Gasteiger partial charge in [-0.1, -0.05) is 76.4 Å². The van der Waals surface area contributed by atoms with Gasteiger partial charge in [-0.2, -0.15) is 5.26 Å². The molecular weight excluding hydrogens is 738 g/mol. The summed E-state index contributed by atoms with van der Waals surface area (Å²) >= 11 is 6.24. The minimum Gasteiger partial charge on any atom is -0.489 e. The second-order valence-corrected chi connectivity index (χ2v) is 18.0. The number of fused-ring (bicyclic) bond motifs is 1. The number of halogens is 1. The van der Waals surface area contributed by atoms with Crippen molar-refractivity contribution >= 4 is 35.2 Å². The molecule has 1 unspecified atom stereocenters. The maximum Gasteiger partial charge on any atom is 0.255 e. The monoisotopic (exact) mass is 791 g/mol. The Hall–Kier alpha value is -4.72. The number of benzene rings is 3. The second-order valence-electron chi connectivity index (χ2n) is 17.6. The van der Waals surface area contributed by atoms with E-state index < -0.39 is 6.04 Å². The molecule has 4 amide bonds. The average molecular weight is 792 g/mol. The van der Waals surface area contributed by atoms with Gasteiger partial charge < -0.3 is 19.9 Å². The van der Waals surface area contributed by atoms with Crippen molar-refractivity contribution in [2.45, 2.75) is 116 Å². The number of nitrogens with one attached hydrogen (secondary N) is 2. The van der Waals surface area contributed by atoms with Gasteiger partial charge in [-0.3, -0.25) is 24.5 Å². The smallest absolute Gasteiger partial charge is 0.255 e. The lowest BCUT2D eigenvalue weighted by Crippen LogP contribution is -2.74. The van der Waals surface area contributed by atoms with E-state index in [9.17, 15) is 24.4 Å². The molecule has 10 nitrogen and oxygen atoms in total. The van der Waals surface area contributed by atoms with Gasteiger partial charge in [-0.25, -0.2) is 0 Å². The number of carbonyl (C=O) groups excluding carboxylic acids is 4. The van der Waals surface area contributed by atoms with Gasteiger partial charge in [-0.15, -0.1) is 0 Å². The third kappa shape index (κ3) is 8.47. The van der Waals surface area contributed by atoms with Crippen LogP contribution < -0.4 is 15.4 Å². The number of nitrogens with zero attached hydrogens (tertiary/aromatic N) is 3. The Morgan fingerprint density at radius 2 is 1.65 bits per heavy atom. The summed E-state index contributed by atoms with van der Waals surface area (Å²) in [6.45, 7) is 12.1. The first-order chi connectivity index (χ1) is 27.3. The molecule has 2 saturated heterocycles. The Morgan fingerprint density at radius 3 is 2.33 bits per heavy atom. The normalized spacial score (nSPS) is 23.0. The number of amides is 4. The standard InChI is InChI=1S/C46H54ClN5O5/c1-45(2)43(46(3,4)44(45)57-35-16-14-33(27-48)37(47)26-35)50-40(54)31-12-10-29(11-13-31)9-7-5-6-8-22-51-23-20-30(21-24-51)32-15-17-36-34(25-32)28-52(42(36)56)38-18-19-39(53)49-41(38)55/h10-17,25-26,30,38,43-44H,5-9,18-24,28H2,1-4H3,(H,50,54)(H,49,53,55)/t38?,43-,44-. The van der Waals surface area contributed by atoms with Crippen molar-refractivity contribution in [3.05, 3.63) is 99.1 Å². The summed E-state index contributed by atoms with van der Waals surface area (Å²) in [6.07, 6.45) is 8.33. The van der Waals surface area contributed by atoms with Crippen molar-refractivity contribution in [3.63, 3.8) is 0 Å². The predicted octanol–water partition coefficient (Wildman–Crippen LogP) is 7.57. The minimum atomic E-state index is -0.582. The Kier molecular flexibility index (Phi) is 11.8. The van der Waals surface area contributed by atoms with Crippen molar-refractivity contribution in [3.8, 4) is 11.8 Å². The fourth-order valence-corrected chi connectivity index (χ4v) is 10.2. The molecule has 11 heteroatoms. The van der Waals surface area contributed by atoms with E-state index in [0.717, 1.165) is 50.9 Å². The van der Waals surface area contributed by atoms with E-state index in [-0.39, 0.29) is 53.0 Å². The van der Waals surface area contributed by atoms with E-state index in [4.69, 9.17) is 16.3 Å². The van der Waals surface area contributed by atoms with Gasteiger partial charge in [0.1, 0.15) is 24.0 Å². The molecule has 3 aromatic carbocycles. The van der Waals surface area contributed by atoms with Crippen LogP contribution in [0.5, 0.6) is 5.75 Å². The van der Waals surface area contributed by atoms with Crippen LogP contribution in [0.1, 0.15) is 128 Å². The average Bonchev–Trinajstić information content (AvgIpc) is 3.52. The van der Waals surface area contributed by atoms with Crippen LogP contribution in [-0.4, -0.2) is 71.3 Å². The Labute approximate surface area is 341 Å². The molecule has 3 fully saturated rings. The minimum absolute atomic E-state index is 0.0845. The SMILES string of the molecule is CC1(C)[C@H](NC(=O)c2ccc(CCCCCCN3CCC(c4ccc5c(c4)CN(C4CCC(=O)NC4=O)C5=O)CC3)cc2)C(C)(C)[C@H]1Oc1ccc(C#N)c(Cl)c1. The fourth-order valence-electron chi connectivity index (χ4n) is 9.99. The summed E-state index contributed by atoms with van der Waals surface area (Å²) < 4.78 is 6.37. The molecule has 2 N–H and O–H groups in total. The molecule has 7 rings (SSSR count). The summed E-state index contributed by atoms with van der Waals surface area (Å²) in [4.78, 5) is 54.7. The number of hydrogen-bond donors (Lipinski definition) is 2. The van der Waals surface area contributed by atoms with Gasteiger partial charge in [0.15, 0.2) is 0 Å². The third-order valence-corrected chi connectivity index (χ3v) is 13.3. The number of unbranched alkanes of at least 4 members (excludes halogenated alkanes) is 3. The highest BCUT2D eigenvalue weighted by Crippen LogP contribution is 2.55. The molecule has 300 valence electrons. The van der Waals surface area contributed by atoms with Crippen LogP contribution in [0.4, 0.5) is 0 Å². The first kappa shape index (κ1) is 40.5. The van der Waals surface area contributed by atoms with E-state index in [2.05, 4.69) is 73.6 Å². The number of aryl methyl sites for hydroxylation is 1. The van der Waals surface area contributed by atoms with Crippen molar-refractivity contribution in [1.29, 1.82) is 5.26 Å². The molecule has 0 aromatic heterocycles. The number of nitriles is 1. The number of rotatable bonds is 13. The van der Waals surface area contributed by atoms with E-state index >= 15 is 0 Å². The first-order valence-electron chi connectivity index (χ1n) is 20.5. The Morgan fingerprint density at radius 1 is 0.930 bits per heavy atom. The van der Waals surface area contributed by atoms with E-state index in [0.29, 0.717) is 46.3 Å². The number of likely N-dealkylation sites (tertiary alicyclic amines) is 1. The summed E-state index contributed by atoms with van der Waals surface area (Å²) in [7, 11) is 0. The summed E-state index contributed by atoms with van der Waals surface area (Å²) in [6, 6.07) is 20.7. The van der Waals surface area contributed by atoms with E-state index in [1.807, 2.05) is 18.2 Å². The highest BCUT2D eigenvalue weighted by Gasteiger charge is 2.64. The molecule has 3 aliphatic heterocycles. The summed E-state index contributed by atoms with van der Waals surface area (Å²) in [5, 5.41) is 15.2. The maximum atomic E-state index is 13.4. The molecule has 1 saturated carbocycles. The molecule has 4 aliphatic rings. The number of piperidine rings is 2. The van der Waals surface area contributed by atoms with Crippen molar-refractivity contribution in [1.82, 2.24) is 20.4 Å². The van der Waals surface area contributed by atoms with E-state index in [1.54, 1.807) is 23.1 Å². The third-order valence-electron chi connectivity index (χ3n) is 12.9. The quantitative estimate of drug-likeness (QED) is 0.135. The zero-order valence-corrected chi connectivity index (χ0v) is 34.3. The highest BCUT2D eigenvalue weighted by atomic mass is 35.5. The fraction of sp³-hybridized carbons (Fsp3) is 0.500. The van der Waals surface area contributed by atoms with Gasteiger partial charge in [0, 0.05) is 47.0 Å². The molecule has 1 aliphatic carbocycles. The molecule has 0 radical (unpaired) electrons. The first-order valence-corrected chi connectivity index (χ1v) is 20.9. The molecule has 3 aromatic rings. The lowest BCUT2D eigenvalue weighted by atomic mass is 9.49.